The molecule has 0 fully saturated rings. The lowest BCUT2D eigenvalue weighted by atomic mass is 9.88. The van der Waals surface area contributed by atoms with Crippen LogP contribution < -0.4 is 5.32 Å². The number of nitrogens with one attached hydrogen (secondary N) is 1. The first-order valence-corrected chi connectivity index (χ1v) is 6.81. The highest BCUT2D eigenvalue weighted by Crippen LogP contribution is 2.33. The van der Waals surface area contributed by atoms with E-state index in [2.05, 4.69) is 53.8 Å². The van der Waals surface area contributed by atoms with Crippen LogP contribution in [0.25, 0.3) is 0 Å². The molecule has 3 heteroatoms. The standard InChI is InChI=1S/C13H24N2S/c1-8(2)13(7,15-9(3)4)12-14-10(5)11(6)16-12/h8-9,15H,1-7H3. The van der Waals surface area contributed by atoms with Crippen molar-refractivity contribution < 1.29 is 0 Å². The molecule has 0 saturated heterocycles. The maximum absolute atomic E-state index is 4.71. The molecule has 1 N–H and O–H groups in total. The molecule has 0 aliphatic carbocycles. The predicted octanol–water partition coefficient (Wildman–Crippen LogP) is 3.63. The van der Waals surface area contributed by atoms with Crippen molar-refractivity contribution in [3.8, 4) is 0 Å². The summed E-state index contributed by atoms with van der Waals surface area (Å²) in [7, 11) is 0. The number of aromatic nitrogens is 1. The van der Waals surface area contributed by atoms with Gasteiger partial charge in [0, 0.05) is 10.9 Å². The zero-order valence-electron chi connectivity index (χ0n) is 11.5. The molecule has 0 amide bonds. The van der Waals surface area contributed by atoms with E-state index in [1.165, 1.54) is 9.88 Å². The minimum Gasteiger partial charge on any atom is -0.303 e. The van der Waals surface area contributed by atoms with Crippen molar-refractivity contribution in [2.24, 2.45) is 5.92 Å². The zero-order valence-corrected chi connectivity index (χ0v) is 12.3. The number of nitrogens with zero attached hydrogens (tertiary/aromatic N) is 1. The van der Waals surface area contributed by atoms with Crippen LogP contribution in [0.4, 0.5) is 0 Å². The summed E-state index contributed by atoms with van der Waals surface area (Å²) in [5.41, 5.74) is 1.15. The Morgan fingerprint density at radius 2 is 1.75 bits per heavy atom. The van der Waals surface area contributed by atoms with Gasteiger partial charge >= 0.3 is 0 Å². The van der Waals surface area contributed by atoms with Gasteiger partial charge in [0.05, 0.1) is 11.2 Å². The van der Waals surface area contributed by atoms with Crippen molar-refractivity contribution in [1.82, 2.24) is 10.3 Å². The second-order valence-corrected chi connectivity index (χ2v) is 6.52. The van der Waals surface area contributed by atoms with Gasteiger partial charge in [-0.05, 0) is 40.5 Å². The van der Waals surface area contributed by atoms with Crippen LogP contribution in [0.3, 0.4) is 0 Å². The molecular formula is C13H24N2S. The topological polar surface area (TPSA) is 24.9 Å². The summed E-state index contributed by atoms with van der Waals surface area (Å²) in [5.74, 6) is 0.528. The zero-order chi connectivity index (χ0) is 12.5. The number of hydrogen-bond acceptors (Lipinski definition) is 3. The normalized spacial score (nSPS) is 15.8. The van der Waals surface area contributed by atoms with Gasteiger partial charge in [-0.25, -0.2) is 4.98 Å². The summed E-state index contributed by atoms with van der Waals surface area (Å²) in [5, 5.41) is 4.87. The van der Waals surface area contributed by atoms with Crippen LogP contribution in [0.15, 0.2) is 0 Å². The molecule has 0 spiro atoms. The van der Waals surface area contributed by atoms with Crippen molar-refractivity contribution in [3.05, 3.63) is 15.6 Å². The third-order valence-electron chi connectivity index (χ3n) is 3.22. The van der Waals surface area contributed by atoms with Crippen LogP contribution in [0.1, 0.15) is 50.2 Å². The number of aryl methyl sites for hydroxylation is 2. The molecule has 0 aliphatic heterocycles. The van der Waals surface area contributed by atoms with Crippen molar-refractivity contribution in [2.45, 2.75) is 60.0 Å². The predicted molar refractivity (Wildman–Crippen MR) is 72.0 cm³/mol. The van der Waals surface area contributed by atoms with Gasteiger partial charge in [0.25, 0.3) is 0 Å². The summed E-state index contributed by atoms with van der Waals surface area (Å²) < 4.78 is 0. The van der Waals surface area contributed by atoms with Crippen molar-refractivity contribution in [2.75, 3.05) is 0 Å². The molecule has 1 atom stereocenters. The fourth-order valence-electron chi connectivity index (χ4n) is 1.77. The fraction of sp³-hybridized carbons (Fsp3) is 0.769. The van der Waals surface area contributed by atoms with Gasteiger partial charge in [-0.15, -0.1) is 11.3 Å². The molecule has 1 aromatic rings. The average Bonchev–Trinajstić information content (AvgIpc) is 2.46. The average molecular weight is 240 g/mol. The Morgan fingerprint density at radius 1 is 1.19 bits per heavy atom. The second kappa shape index (κ2) is 4.84. The molecule has 2 nitrogen and oxygen atoms in total. The summed E-state index contributed by atoms with van der Waals surface area (Å²) in [6, 6.07) is 0.469. The van der Waals surface area contributed by atoms with Gasteiger partial charge in [0.2, 0.25) is 0 Å². The molecule has 0 aliphatic rings. The maximum Gasteiger partial charge on any atom is 0.113 e. The highest BCUT2D eigenvalue weighted by atomic mass is 32.1. The molecule has 1 unspecified atom stereocenters. The first-order chi connectivity index (χ1) is 7.27. The van der Waals surface area contributed by atoms with E-state index in [0.717, 1.165) is 5.69 Å². The van der Waals surface area contributed by atoms with E-state index in [4.69, 9.17) is 4.98 Å². The molecule has 92 valence electrons. The highest BCUT2D eigenvalue weighted by molar-refractivity contribution is 7.11. The lowest BCUT2D eigenvalue weighted by molar-refractivity contribution is 0.244. The lowest BCUT2D eigenvalue weighted by Crippen LogP contribution is -2.47. The molecule has 0 bridgehead atoms. The van der Waals surface area contributed by atoms with Crippen LogP contribution in [0.2, 0.25) is 0 Å². The summed E-state index contributed by atoms with van der Waals surface area (Å²) in [6.07, 6.45) is 0. The summed E-state index contributed by atoms with van der Waals surface area (Å²) in [6.45, 7) is 15.4. The van der Waals surface area contributed by atoms with Gasteiger partial charge in [0.1, 0.15) is 5.01 Å². The first-order valence-electron chi connectivity index (χ1n) is 5.99. The minimum absolute atomic E-state index is 0.0160. The third kappa shape index (κ3) is 2.64. The van der Waals surface area contributed by atoms with Crippen LogP contribution in [0, 0.1) is 19.8 Å². The SMILES string of the molecule is Cc1nc(C(C)(NC(C)C)C(C)C)sc1C. The van der Waals surface area contributed by atoms with E-state index in [1.54, 1.807) is 0 Å². The number of rotatable bonds is 4. The van der Waals surface area contributed by atoms with Crippen molar-refractivity contribution in [1.29, 1.82) is 0 Å². The van der Waals surface area contributed by atoms with E-state index in [0.29, 0.717) is 12.0 Å². The van der Waals surface area contributed by atoms with Crippen LogP contribution in [0.5, 0.6) is 0 Å². The van der Waals surface area contributed by atoms with E-state index in [-0.39, 0.29) is 5.54 Å². The Hall–Kier alpha value is -0.410. The van der Waals surface area contributed by atoms with E-state index < -0.39 is 0 Å². The van der Waals surface area contributed by atoms with Gasteiger partial charge in [-0.2, -0.15) is 0 Å². The van der Waals surface area contributed by atoms with Crippen molar-refractivity contribution in [3.63, 3.8) is 0 Å². The molecule has 0 saturated carbocycles. The quantitative estimate of drug-likeness (QED) is 0.869. The van der Waals surface area contributed by atoms with Crippen LogP contribution >= 0.6 is 11.3 Å². The van der Waals surface area contributed by atoms with Crippen LogP contribution in [-0.4, -0.2) is 11.0 Å². The lowest BCUT2D eigenvalue weighted by Gasteiger charge is -2.35. The molecular weight excluding hydrogens is 216 g/mol. The molecule has 16 heavy (non-hydrogen) atoms. The Bertz CT molecular complexity index is 335. The van der Waals surface area contributed by atoms with E-state index in [9.17, 15) is 0 Å². The van der Waals surface area contributed by atoms with Crippen LogP contribution in [-0.2, 0) is 5.54 Å². The Labute approximate surface area is 103 Å². The molecule has 0 aromatic carbocycles. The van der Waals surface area contributed by atoms with Gasteiger partial charge in [-0.3, -0.25) is 0 Å². The van der Waals surface area contributed by atoms with Gasteiger partial charge < -0.3 is 5.32 Å². The van der Waals surface area contributed by atoms with Crippen molar-refractivity contribution >= 4 is 11.3 Å². The minimum atomic E-state index is -0.0160. The first kappa shape index (κ1) is 13.7. The Morgan fingerprint density at radius 3 is 2.06 bits per heavy atom. The Balaban J connectivity index is 3.11. The third-order valence-corrected chi connectivity index (χ3v) is 4.53. The molecule has 1 rings (SSSR count). The largest absolute Gasteiger partial charge is 0.303 e. The summed E-state index contributed by atoms with van der Waals surface area (Å²) >= 11 is 1.82. The molecule has 0 radical (unpaired) electrons. The summed E-state index contributed by atoms with van der Waals surface area (Å²) in [4.78, 5) is 6.04. The molecule has 1 aromatic heterocycles. The van der Waals surface area contributed by atoms with Gasteiger partial charge in [-0.1, -0.05) is 13.8 Å². The Kier molecular flexibility index (Phi) is 4.13. The van der Waals surface area contributed by atoms with E-state index in [1.807, 2.05) is 11.3 Å². The second-order valence-electron chi connectivity index (χ2n) is 5.32. The fourth-order valence-corrected chi connectivity index (χ4v) is 2.94. The number of thiazole rings is 1. The van der Waals surface area contributed by atoms with Gasteiger partial charge in [0.15, 0.2) is 0 Å². The molecule has 1 heterocycles. The maximum atomic E-state index is 4.71. The van der Waals surface area contributed by atoms with E-state index >= 15 is 0 Å². The number of hydrogen-bond donors (Lipinski definition) is 1. The highest BCUT2D eigenvalue weighted by Gasteiger charge is 2.34. The monoisotopic (exact) mass is 240 g/mol. The smallest absolute Gasteiger partial charge is 0.113 e.